The van der Waals surface area contributed by atoms with Gasteiger partial charge in [0.2, 0.25) is 5.91 Å². The average Bonchev–Trinajstić information content (AvgIpc) is 2.78. The summed E-state index contributed by atoms with van der Waals surface area (Å²) in [5.74, 6) is 0.462. The van der Waals surface area contributed by atoms with E-state index in [4.69, 9.17) is 4.74 Å². The third kappa shape index (κ3) is 4.01. The lowest BCUT2D eigenvalue weighted by Crippen LogP contribution is -2.43. The molecule has 0 saturated carbocycles. The number of anilines is 1. The van der Waals surface area contributed by atoms with E-state index in [1.54, 1.807) is 12.0 Å². The Balaban J connectivity index is 1.53. The van der Waals surface area contributed by atoms with Crippen molar-refractivity contribution >= 4 is 28.3 Å². The first kappa shape index (κ1) is 20.0. The van der Waals surface area contributed by atoms with Crippen LogP contribution in [0, 0.1) is 12.8 Å². The number of carbonyl (C=O) groups excluding carboxylic acids is 2. The second kappa shape index (κ2) is 8.57. The van der Waals surface area contributed by atoms with Crippen molar-refractivity contribution in [2.45, 2.75) is 19.8 Å². The van der Waals surface area contributed by atoms with E-state index >= 15 is 0 Å². The number of piperidine rings is 1. The van der Waals surface area contributed by atoms with Crippen LogP contribution in [0.2, 0.25) is 0 Å². The molecule has 1 atom stereocenters. The maximum Gasteiger partial charge on any atom is 0.254 e. The molecule has 1 aliphatic rings. The van der Waals surface area contributed by atoms with Crippen LogP contribution in [0.4, 0.5) is 5.69 Å². The fraction of sp³-hybridized carbons (Fsp3) is 0.280. The maximum absolute atomic E-state index is 13.3. The summed E-state index contributed by atoms with van der Waals surface area (Å²) in [7, 11) is 1.63. The predicted octanol–water partition coefficient (Wildman–Crippen LogP) is 4.65. The van der Waals surface area contributed by atoms with Crippen molar-refractivity contribution in [3.05, 3.63) is 71.8 Å². The summed E-state index contributed by atoms with van der Waals surface area (Å²) < 4.78 is 5.44. The van der Waals surface area contributed by atoms with Crippen LogP contribution in [-0.2, 0) is 4.79 Å². The van der Waals surface area contributed by atoms with Gasteiger partial charge >= 0.3 is 0 Å². The molecule has 1 heterocycles. The van der Waals surface area contributed by atoms with E-state index in [0.717, 1.165) is 40.6 Å². The van der Waals surface area contributed by atoms with Crippen LogP contribution in [0.25, 0.3) is 10.8 Å². The number of nitrogens with one attached hydrogen (secondary N) is 1. The molecule has 5 nitrogen and oxygen atoms in total. The number of carbonyl (C=O) groups is 2. The molecule has 0 radical (unpaired) electrons. The molecular weight excluding hydrogens is 376 g/mol. The van der Waals surface area contributed by atoms with Gasteiger partial charge in [0.1, 0.15) is 5.75 Å². The minimum atomic E-state index is -0.215. The highest BCUT2D eigenvalue weighted by molar-refractivity contribution is 6.08. The molecule has 1 N–H and O–H groups in total. The average molecular weight is 402 g/mol. The van der Waals surface area contributed by atoms with Crippen LogP contribution >= 0.6 is 0 Å². The zero-order chi connectivity index (χ0) is 21.1. The van der Waals surface area contributed by atoms with E-state index < -0.39 is 0 Å². The normalized spacial score (nSPS) is 16.3. The number of rotatable bonds is 4. The van der Waals surface area contributed by atoms with Crippen molar-refractivity contribution in [1.82, 2.24) is 4.90 Å². The first-order valence-corrected chi connectivity index (χ1v) is 10.3. The number of aryl methyl sites for hydroxylation is 1. The number of amides is 2. The molecule has 1 fully saturated rings. The van der Waals surface area contributed by atoms with Crippen molar-refractivity contribution in [2.75, 3.05) is 25.5 Å². The zero-order valence-electron chi connectivity index (χ0n) is 17.4. The van der Waals surface area contributed by atoms with Gasteiger partial charge in [0.25, 0.3) is 5.91 Å². The lowest BCUT2D eigenvalue weighted by Gasteiger charge is -2.32. The Morgan fingerprint density at radius 1 is 1.03 bits per heavy atom. The van der Waals surface area contributed by atoms with Gasteiger partial charge in [0.05, 0.1) is 13.0 Å². The lowest BCUT2D eigenvalue weighted by atomic mass is 9.95. The quantitative estimate of drug-likeness (QED) is 0.691. The zero-order valence-corrected chi connectivity index (χ0v) is 17.4. The maximum atomic E-state index is 13.3. The van der Waals surface area contributed by atoms with E-state index in [-0.39, 0.29) is 17.7 Å². The minimum Gasteiger partial charge on any atom is -0.496 e. The number of fused-ring (bicyclic) bond motifs is 1. The molecule has 4 rings (SSSR count). The smallest absolute Gasteiger partial charge is 0.254 e. The van der Waals surface area contributed by atoms with Crippen LogP contribution in [0.1, 0.15) is 28.8 Å². The largest absolute Gasteiger partial charge is 0.496 e. The molecular formula is C25H26N2O3. The fourth-order valence-corrected chi connectivity index (χ4v) is 4.15. The number of methoxy groups -OCH3 is 1. The third-order valence-corrected chi connectivity index (χ3v) is 5.70. The Hall–Kier alpha value is -3.34. The van der Waals surface area contributed by atoms with Gasteiger partial charge in [-0.15, -0.1) is 0 Å². The number of hydrogen-bond acceptors (Lipinski definition) is 3. The highest BCUT2D eigenvalue weighted by Gasteiger charge is 2.29. The van der Waals surface area contributed by atoms with Crippen molar-refractivity contribution in [3.8, 4) is 5.75 Å². The molecule has 0 unspecified atom stereocenters. The summed E-state index contributed by atoms with van der Waals surface area (Å²) in [6, 6.07) is 19.2. The van der Waals surface area contributed by atoms with Gasteiger partial charge in [-0.05, 0) is 55.0 Å². The Labute approximate surface area is 176 Å². The van der Waals surface area contributed by atoms with Gasteiger partial charge in [-0.1, -0.05) is 36.4 Å². The molecule has 3 aromatic carbocycles. The second-order valence-electron chi connectivity index (χ2n) is 7.81. The summed E-state index contributed by atoms with van der Waals surface area (Å²) in [4.78, 5) is 28.0. The van der Waals surface area contributed by atoms with E-state index in [0.29, 0.717) is 18.7 Å². The van der Waals surface area contributed by atoms with Crippen LogP contribution in [0.5, 0.6) is 5.75 Å². The monoisotopic (exact) mass is 402 g/mol. The van der Waals surface area contributed by atoms with Gasteiger partial charge < -0.3 is 15.0 Å². The number of benzene rings is 3. The molecule has 0 aromatic heterocycles. The van der Waals surface area contributed by atoms with Gasteiger partial charge in [-0.25, -0.2) is 0 Å². The van der Waals surface area contributed by atoms with E-state index in [2.05, 4.69) is 5.32 Å². The fourth-order valence-electron chi connectivity index (χ4n) is 4.15. The highest BCUT2D eigenvalue weighted by Crippen LogP contribution is 2.30. The van der Waals surface area contributed by atoms with Crippen LogP contribution in [0.3, 0.4) is 0 Å². The highest BCUT2D eigenvalue weighted by atomic mass is 16.5. The standard InChI is InChI=1S/C25H26N2O3/c1-17-7-5-9-19(15-17)26-24(28)18-8-6-14-27(16-18)25(29)22-12-13-23(30-2)21-11-4-3-10-20(21)22/h3-5,7,9-13,15,18H,6,8,14,16H2,1-2H3,(H,26,28)/t18-/m1/s1. The summed E-state index contributed by atoms with van der Waals surface area (Å²) in [6.07, 6.45) is 1.59. The topological polar surface area (TPSA) is 58.6 Å². The Bertz CT molecular complexity index is 1090. The van der Waals surface area contributed by atoms with E-state index in [9.17, 15) is 9.59 Å². The Kier molecular flexibility index (Phi) is 5.70. The predicted molar refractivity (Wildman–Crippen MR) is 119 cm³/mol. The first-order chi connectivity index (χ1) is 14.6. The molecule has 3 aromatic rings. The van der Waals surface area contributed by atoms with Gasteiger partial charge in [-0.3, -0.25) is 9.59 Å². The Morgan fingerprint density at radius 3 is 2.60 bits per heavy atom. The number of nitrogens with zero attached hydrogens (tertiary/aromatic N) is 1. The van der Waals surface area contributed by atoms with Crippen LogP contribution < -0.4 is 10.1 Å². The number of hydrogen-bond donors (Lipinski definition) is 1. The molecule has 0 aliphatic carbocycles. The van der Waals surface area contributed by atoms with Crippen LogP contribution in [-0.4, -0.2) is 36.9 Å². The van der Waals surface area contributed by atoms with Gasteiger partial charge in [0.15, 0.2) is 0 Å². The van der Waals surface area contributed by atoms with Gasteiger partial charge in [0, 0.05) is 29.7 Å². The summed E-state index contributed by atoms with van der Waals surface area (Å²) in [6.45, 7) is 3.08. The molecule has 1 saturated heterocycles. The van der Waals surface area contributed by atoms with E-state index in [1.807, 2.05) is 67.6 Å². The van der Waals surface area contributed by atoms with Crippen molar-refractivity contribution in [1.29, 1.82) is 0 Å². The molecule has 0 spiro atoms. The second-order valence-corrected chi connectivity index (χ2v) is 7.81. The lowest BCUT2D eigenvalue weighted by molar-refractivity contribution is -0.121. The van der Waals surface area contributed by atoms with Gasteiger partial charge in [-0.2, -0.15) is 0 Å². The van der Waals surface area contributed by atoms with E-state index in [1.165, 1.54) is 0 Å². The number of ether oxygens (including phenoxy) is 1. The van der Waals surface area contributed by atoms with Crippen LogP contribution in [0.15, 0.2) is 60.7 Å². The van der Waals surface area contributed by atoms with Crippen molar-refractivity contribution in [2.24, 2.45) is 5.92 Å². The Morgan fingerprint density at radius 2 is 1.83 bits per heavy atom. The minimum absolute atomic E-state index is 0.0299. The van der Waals surface area contributed by atoms with Crippen molar-refractivity contribution in [3.63, 3.8) is 0 Å². The SMILES string of the molecule is COc1ccc(C(=O)N2CCC[C@@H](C(=O)Nc3cccc(C)c3)C2)c2ccccc12. The molecule has 154 valence electrons. The number of likely N-dealkylation sites (tertiary alicyclic amines) is 1. The first-order valence-electron chi connectivity index (χ1n) is 10.3. The molecule has 2 amide bonds. The summed E-state index contributed by atoms with van der Waals surface area (Å²) in [5, 5.41) is 4.79. The molecule has 0 bridgehead atoms. The third-order valence-electron chi connectivity index (χ3n) is 5.70. The summed E-state index contributed by atoms with van der Waals surface area (Å²) >= 11 is 0. The molecule has 5 heteroatoms. The molecule has 1 aliphatic heterocycles. The van der Waals surface area contributed by atoms with Crippen molar-refractivity contribution < 1.29 is 14.3 Å². The molecule has 30 heavy (non-hydrogen) atoms. The summed E-state index contributed by atoms with van der Waals surface area (Å²) in [5.41, 5.74) is 2.54.